The molecule has 0 aliphatic carbocycles. The number of halogens is 1. The van der Waals surface area contributed by atoms with E-state index in [1.807, 2.05) is 25.2 Å². The maximum Gasteiger partial charge on any atom is 0.0511 e. The van der Waals surface area contributed by atoms with E-state index >= 15 is 0 Å². The van der Waals surface area contributed by atoms with E-state index in [-0.39, 0.29) is 6.04 Å². The molecule has 0 radical (unpaired) electrons. The third-order valence-corrected chi connectivity index (χ3v) is 4.38. The zero-order chi connectivity index (χ0) is 15.4. The van der Waals surface area contributed by atoms with E-state index < -0.39 is 0 Å². The molecule has 2 rings (SSSR count). The van der Waals surface area contributed by atoms with Crippen LogP contribution < -0.4 is 10.2 Å². The number of hydrogen-bond acceptors (Lipinski definition) is 2. The maximum atomic E-state index is 6.09. The zero-order valence-electron chi connectivity index (χ0n) is 13.1. The summed E-state index contributed by atoms with van der Waals surface area (Å²) in [4.78, 5) is 2.26. The molecule has 2 nitrogen and oxygen atoms in total. The van der Waals surface area contributed by atoms with Crippen LogP contribution in [0.5, 0.6) is 0 Å². The van der Waals surface area contributed by atoms with Gasteiger partial charge < -0.3 is 10.2 Å². The maximum absolute atomic E-state index is 6.09. The van der Waals surface area contributed by atoms with Crippen LogP contribution in [-0.4, -0.2) is 14.1 Å². The van der Waals surface area contributed by atoms with Gasteiger partial charge in [0.25, 0.3) is 0 Å². The van der Waals surface area contributed by atoms with Crippen molar-refractivity contribution >= 4 is 17.3 Å². The zero-order valence-corrected chi connectivity index (χ0v) is 13.9. The van der Waals surface area contributed by atoms with Crippen molar-refractivity contribution in [3.63, 3.8) is 0 Å². The SMILES string of the molecule is CNC(C)c1ccc(N(C)C(C)c2cccc(Cl)c2)cc1. The van der Waals surface area contributed by atoms with Crippen molar-refractivity contribution < 1.29 is 0 Å². The van der Waals surface area contributed by atoms with Crippen molar-refractivity contribution in [1.82, 2.24) is 5.32 Å². The first-order valence-electron chi connectivity index (χ1n) is 7.28. The van der Waals surface area contributed by atoms with Gasteiger partial charge in [-0.15, -0.1) is 0 Å². The molecule has 0 fully saturated rings. The van der Waals surface area contributed by atoms with Crippen LogP contribution >= 0.6 is 11.6 Å². The predicted octanol–water partition coefficient (Wildman–Crippen LogP) is 4.82. The standard InChI is InChI=1S/C18H23ClN2/c1-13(20-3)15-8-10-18(11-9-15)21(4)14(2)16-6-5-7-17(19)12-16/h5-14,20H,1-4H3. The fourth-order valence-electron chi connectivity index (χ4n) is 2.38. The molecule has 0 bridgehead atoms. The molecule has 21 heavy (non-hydrogen) atoms. The molecule has 1 N–H and O–H groups in total. The van der Waals surface area contributed by atoms with E-state index in [9.17, 15) is 0 Å². The quantitative estimate of drug-likeness (QED) is 0.852. The minimum Gasteiger partial charge on any atom is -0.368 e. The molecule has 0 aromatic heterocycles. The van der Waals surface area contributed by atoms with Crippen LogP contribution in [-0.2, 0) is 0 Å². The molecule has 0 spiro atoms. The smallest absolute Gasteiger partial charge is 0.0511 e. The number of nitrogens with one attached hydrogen (secondary N) is 1. The Morgan fingerprint density at radius 2 is 1.67 bits per heavy atom. The Morgan fingerprint density at radius 1 is 1.00 bits per heavy atom. The second-order valence-electron chi connectivity index (χ2n) is 5.44. The van der Waals surface area contributed by atoms with E-state index in [2.05, 4.69) is 61.4 Å². The second kappa shape index (κ2) is 6.97. The summed E-state index contributed by atoms with van der Waals surface area (Å²) in [5, 5.41) is 4.04. The first kappa shape index (κ1) is 15.9. The van der Waals surface area contributed by atoms with Gasteiger partial charge in [-0.1, -0.05) is 35.9 Å². The van der Waals surface area contributed by atoms with Gasteiger partial charge in [-0.05, 0) is 56.3 Å². The van der Waals surface area contributed by atoms with Crippen molar-refractivity contribution in [2.75, 3.05) is 19.0 Å². The summed E-state index contributed by atoms with van der Waals surface area (Å²) in [6.07, 6.45) is 0. The Morgan fingerprint density at radius 3 is 2.24 bits per heavy atom. The molecule has 0 amide bonds. The highest BCUT2D eigenvalue weighted by Gasteiger charge is 2.13. The summed E-state index contributed by atoms with van der Waals surface area (Å²) >= 11 is 6.09. The highest BCUT2D eigenvalue weighted by atomic mass is 35.5. The van der Waals surface area contributed by atoms with Gasteiger partial charge in [-0.25, -0.2) is 0 Å². The van der Waals surface area contributed by atoms with Crippen LogP contribution in [0.25, 0.3) is 0 Å². The van der Waals surface area contributed by atoms with Gasteiger partial charge in [0.05, 0.1) is 6.04 Å². The van der Waals surface area contributed by atoms with Crippen molar-refractivity contribution in [2.24, 2.45) is 0 Å². The normalized spacial score (nSPS) is 13.8. The van der Waals surface area contributed by atoms with Crippen LogP contribution in [0.3, 0.4) is 0 Å². The van der Waals surface area contributed by atoms with Gasteiger partial charge in [0, 0.05) is 23.8 Å². The molecule has 0 heterocycles. The minimum atomic E-state index is 0.274. The lowest BCUT2D eigenvalue weighted by molar-refractivity contribution is 0.652. The van der Waals surface area contributed by atoms with Crippen LogP contribution in [0.1, 0.15) is 37.1 Å². The lowest BCUT2D eigenvalue weighted by Crippen LogP contribution is -2.21. The monoisotopic (exact) mass is 302 g/mol. The minimum absolute atomic E-state index is 0.274. The number of rotatable bonds is 5. The Balaban J connectivity index is 2.17. The fourth-order valence-corrected chi connectivity index (χ4v) is 2.58. The Bertz CT molecular complexity index is 580. The van der Waals surface area contributed by atoms with Crippen LogP contribution in [0.2, 0.25) is 5.02 Å². The van der Waals surface area contributed by atoms with Crippen molar-refractivity contribution in [3.05, 3.63) is 64.7 Å². The molecule has 0 aliphatic heterocycles. The largest absolute Gasteiger partial charge is 0.368 e. The number of benzene rings is 2. The van der Waals surface area contributed by atoms with Gasteiger partial charge in [0.2, 0.25) is 0 Å². The molecule has 2 unspecified atom stereocenters. The summed E-state index contributed by atoms with van der Waals surface area (Å²) in [6, 6.07) is 17.4. The van der Waals surface area contributed by atoms with E-state index in [0.717, 1.165) is 5.02 Å². The van der Waals surface area contributed by atoms with Gasteiger partial charge in [0.15, 0.2) is 0 Å². The third kappa shape index (κ3) is 3.78. The van der Waals surface area contributed by atoms with Gasteiger partial charge in [-0.2, -0.15) is 0 Å². The van der Waals surface area contributed by atoms with E-state index in [0.29, 0.717) is 6.04 Å². The molecule has 2 atom stereocenters. The first-order chi connectivity index (χ1) is 10.0. The highest BCUT2D eigenvalue weighted by Crippen LogP contribution is 2.27. The van der Waals surface area contributed by atoms with Gasteiger partial charge in [-0.3, -0.25) is 0 Å². The topological polar surface area (TPSA) is 15.3 Å². The highest BCUT2D eigenvalue weighted by molar-refractivity contribution is 6.30. The number of hydrogen-bond donors (Lipinski definition) is 1. The fraction of sp³-hybridized carbons (Fsp3) is 0.333. The summed E-state index contributed by atoms with van der Waals surface area (Å²) < 4.78 is 0. The summed E-state index contributed by atoms with van der Waals surface area (Å²) in [5.41, 5.74) is 3.72. The molecular formula is C18H23ClN2. The molecular weight excluding hydrogens is 280 g/mol. The molecule has 2 aromatic carbocycles. The lowest BCUT2D eigenvalue weighted by atomic mass is 10.1. The average Bonchev–Trinajstić information content (AvgIpc) is 2.53. The Kier molecular flexibility index (Phi) is 5.27. The van der Waals surface area contributed by atoms with Crippen molar-refractivity contribution in [3.8, 4) is 0 Å². The second-order valence-corrected chi connectivity index (χ2v) is 5.88. The van der Waals surface area contributed by atoms with Gasteiger partial charge >= 0.3 is 0 Å². The van der Waals surface area contributed by atoms with Crippen LogP contribution in [0.4, 0.5) is 5.69 Å². The first-order valence-corrected chi connectivity index (χ1v) is 7.66. The summed E-state index contributed by atoms with van der Waals surface area (Å²) in [5.74, 6) is 0. The number of anilines is 1. The lowest BCUT2D eigenvalue weighted by Gasteiger charge is -2.28. The molecule has 0 saturated heterocycles. The molecule has 0 aliphatic rings. The third-order valence-electron chi connectivity index (χ3n) is 4.15. The molecule has 112 valence electrons. The Labute approximate surface area is 132 Å². The van der Waals surface area contributed by atoms with Gasteiger partial charge in [0.1, 0.15) is 0 Å². The van der Waals surface area contributed by atoms with E-state index in [1.165, 1.54) is 16.8 Å². The molecule has 3 heteroatoms. The van der Waals surface area contributed by atoms with Crippen LogP contribution in [0, 0.1) is 0 Å². The molecule has 2 aromatic rings. The number of nitrogens with zero attached hydrogens (tertiary/aromatic N) is 1. The van der Waals surface area contributed by atoms with Crippen molar-refractivity contribution in [2.45, 2.75) is 25.9 Å². The summed E-state index contributed by atoms with van der Waals surface area (Å²) in [6.45, 7) is 4.35. The summed E-state index contributed by atoms with van der Waals surface area (Å²) in [7, 11) is 4.09. The average molecular weight is 303 g/mol. The van der Waals surface area contributed by atoms with Crippen molar-refractivity contribution in [1.29, 1.82) is 0 Å². The van der Waals surface area contributed by atoms with E-state index in [4.69, 9.17) is 11.6 Å². The predicted molar refractivity (Wildman–Crippen MR) is 92.2 cm³/mol. The molecule has 0 saturated carbocycles. The van der Waals surface area contributed by atoms with Crippen LogP contribution in [0.15, 0.2) is 48.5 Å². The van der Waals surface area contributed by atoms with E-state index in [1.54, 1.807) is 0 Å². The Hall–Kier alpha value is -1.51.